The second kappa shape index (κ2) is 12.3. The van der Waals surface area contributed by atoms with E-state index in [1.165, 1.54) is 30.4 Å². The van der Waals surface area contributed by atoms with Gasteiger partial charge in [0.25, 0.3) is 0 Å². The molecule has 2 fully saturated rings. The largest absolute Gasteiger partial charge is 0.342 e. The molecular formula is C32H45N3O2. The van der Waals surface area contributed by atoms with E-state index in [-0.39, 0.29) is 17.9 Å². The minimum absolute atomic E-state index is 0.0409. The van der Waals surface area contributed by atoms with E-state index in [0.29, 0.717) is 25.2 Å². The average molecular weight is 504 g/mol. The third kappa shape index (κ3) is 6.43. The Morgan fingerprint density at radius 2 is 1.59 bits per heavy atom. The minimum Gasteiger partial charge on any atom is -0.342 e. The number of amides is 2. The summed E-state index contributed by atoms with van der Waals surface area (Å²) in [6, 6.07) is 18.5. The molecule has 0 saturated carbocycles. The quantitative estimate of drug-likeness (QED) is 0.425. The zero-order valence-electron chi connectivity index (χ0n) is 23.2. The van der Waals surface area contributed by atoms with E-state index in [9.17, 15) is 9.59 Å². The first-order chi connectivity index (χ1) is 17.8. The van der Waals surface area contributed by atoms with E-state index >= 15 is 0 Å². The Balaban J connectivity index is 1.41. The summed E-state index contributed by atoms with van der Waals surface area (Å²) >= 11 is 0. The second-order valence-corrected chi connectivity index (χ2v) is 11.6. The fraction of sp³-hybridized carbons (Fsp3) is 0.562. The van der Waals surface area contributed by atoms with Gasteiger partial charge in [0.15, 0.2) is 0 Å². The number of nitrogens with zero attached hydrogens (tertiary/aromatic N) is 2. The summed E-state index contributed by atoms with van der Waals surface area (Å²) in [5.41, 5.74) is 2.94. The number of benzene rings is 2. The SMILES string of the molecule is Cc1ccc([C@@H](C)N2C(=O)[C@H](CC(C)C)NC(=O)C23CCN(CCCCCc2ccccc2)CC3)cc1. The van der Waals surface area contributed by atoms with E-state index in [1.54, 1.807) is 0 Å². The summed E-state index contributed by atoms with van der Waals surface area (Å²) in [4.78, 5) is 32.1. The zero-order chi connectivity index (χ0) is 26.4. The van der Waals surface area contributed by atoms with Crippen LogP contribution in [-0.4, -0.2) is 52.8 Å². The Morgan fingerprint density at radius 3 is 2.24 bits per heavy atom. The summed E-state index contributed by atoms with van der Waals surface area (Å²) in [6.45, 7) is 11.1. The maximum absolute atomic E-state index is 13.9. The monoisotopic (exact) mass is 503 g/mol. The van der Waals surface area contributed by atoms with Crippen LogP contribution in [0.15, 0.2) is 54.6 Å². The molecule has 5 heteroatoms. The fourth-order valence-electron chi connectivity index (χ4n) is 6.13. The van der Waals surface area contributed by atoms with Gasteiger partial charge in [-0.1, -0.05) is 80.4 Å². The van der Waals surface area contributed by atoms with Crippen LogP contribution in [0, 0.1) is 12.8 Å². The molecule has 2 atom stereocenters. The molecule has 0 radical (unpaired) electrons. The summed E-state index contributed by atoms with van der Waals surface area (Å²) < 4.78 is 0. The van der Waals surface area contributed by atoms with Gasteiger partial charge in [0.1, 0.15) is 11.6 Å². The number of piperidine rings is 1. The van der Waals surface area contributed by atoms with E-state index in [0.717, 1.165) is 31.6 Å². The first kappa shape index (κ1) is 27.4. The molecule has 5 nitrogen and oxygen atoms in total. The van der Waals surface area contributed by atoms with E-state index in [2.05, 4.69) is 92.5 Å². The van der Waals surface area contributed by atoms with Crippen molar-refractivity contribution in [1.82, 2.24) is 15.1 Å². The predicted molar refractivity (Wildman–Crippen MR) is 150 cm³/mol. The molecule has 37 heavy (non-hydrogen) atoms. The van der Waals surface area contributed by atoms with Gasteiger partial charge >= 0.3 is 0 Å². The number of hydrogen-bond acceptors (Lipinski definition) is 3. The predicted octanol–water partition coefficient (Wildman–Crippen LogP) is 5.68. The van der Waals surface area contributed by atoms with Crippen LogP contribution in [-0.2, 0) is 16.0 Å². The van der Waals surface area contributed by atoms with Crippen molar-refractivity contribution in [2.24, 2.45) is 5.92 Å². The van der Waals surface area contributed by atoms with Crippen LogP contribution in [0.3, 0.4) is 0 Å². The number of carbonyl (C=O) groups excluding carboxylic acids is 2. The molecule has 4 rings (SSSR count). The Bertz CT molecular complexity index is 1030. The van der Waals surface area contributed by atoms with Gasteiger partial charge in [-0.2, -0.15) is 0 Å². The highest BCUT2D eigenvalue weighted by Gasteiger charge is 2.55. The van der Waals surface area contributed by atoms with Crippen LogP contribution in [0.5, 0.6) is 0 Å². The molecule has 1 N–H and O–H groups in total. The summed E-state index contributed by atoms with van der Waals surface area (Å²) in [5, 5.41) is 3.15. The number of aryl methyl sites for hydroxylation is 2. The lowest BCUT2D eigenvalue weighted by Crippen LogP contribution is -2.73. The van der Waals surface area contributed by atoms with Crippen molar-refractivity contribution in [3.8, 4) is 0 Å². The normalized spacial score (nSPS) is 20.9. The average Bonchev–Trinajstić information content (AvgIpc) is 2.89. The van der Waals surface area contributed by atoms with Crippen LogP contribution in [0.25, 0.3) is 0 Å². The van der Waals surface area contributed by atoms with Crippen molar-refractivity contribution < 1.29 is 9.59 Å². The van der Waals surface area contributed by atoms with Crippen LogP contribution in [0.4, 0.5) is 0 Å². The van der Waals surface area contributed by atoms with Gasteiger partial charge in [-0.3, -0.25) is 9.59 Å². The highest BCUT2D eigenvalue weighted by atomic mass is 16.2. The molecule has 2 aromatic carbocycles. The summed E-state index contributed by atoms with van der Waals surface area (Å²) in [6.07, 6.45) is 6.78. The van der Waals surface area contributed by atoms with Gasteiger partial charge in [0.2, 0.25) is 11.8 Å². The maximum atomic E-state index is 13.9. The van der Waals surface area contributed by atoms with Crippen LogP contribution >= 0.6 is 0 Å². The number of carbonyl (C=O) groups is 2. The molecule has 2 aliphatic rings. The molecule has 2 aromatic rings. The Labute approximate surface area is 223 Å². The smallest absolute Gasteiger partial charge is 0.246 e. The fourth-order valence-corrected chi connectivity index (χ4v) is 6.13. The standard InChI is InChI=1S/C32H45N3O2/c1-24(2)23-29-30(36)35(26(4)28-16-14-25(3)15-17-28)32(31(37)33-29)18-21-34(22-19-32)20-10-6-9-13-27-11-7-5-8-12-27/h5,7-8,11-12,14-17,24,26,29H,6,9-10,13,18-23H2,1-4H3,(H,33,37)/t26-,29+/m1/s1. The Kier molecular flexibility index (Phi) is 9.07. The first-order valence-corrected chi connectivity index (χ1v) is 14.3. The molecule has 200 valence electrons. The third-order valence-electron chi connectivity index (χ3n) is 8.34. The second-order valence-electron chi connectivity index (χ2n) is 11.6. The van der Waals surface area contributed by atoms with Crippen LogP contribution < -0.4 is 5.32 Å². The molecule has 0 aromatic heterocycles. The molecule has 2 amide bonds. The first-order valence-electron chi connectivity index (χ1n) is 14.3. The van der Waals surface area contributed by atoms with Crippen molar-refractivity contribution >= 4 is 11.8 Å². The molecule has 0 bridgehead atoms. The Morgan fingerprint density at radius 1 is 0.919 bits per heavy atom. The van der Waals surface area contributed by atoms with Crippen molar-refractivity contribution in [3.05, 3.63) is 71.3 Å². The van der Waals surface area contributed by atoms with Gasteiger partial charge in [-0.05, 0) is 76.0 Å². The minimum atomic E-state index is -0.765. The highest BCUT2D eigenvalue weighted by Crippen LogP contribution is 2.39. The van der Waals surface area contributed by atoms with Crippen molar-refractivity contribution in [3.63, 3.8) is 0 Å². The van der Waals surface area contributed by atoms with E-state index < -0.39 is 11.6 Å². The molecule has 2 saturated heterocycles. The molecule has 0 aliphatic carbocycles. The lowest BCUT2D eigenvalue weighted by atomic mass is 9.79. The van der Waals surface area contributed by atoms with E-state index in [1.807, 2.05) is 4.90 Å². The third-order valence-corrected chi connectivity index (χ3v) is 8.34. The molecular weight excluding hydrogens is 458 g/mol. The van der Waals surface area contributed by atoms with Gasteiger partial charge in [-0.15, -0.1) is 0 Å². The number of unbranched alkanes of at least 4 members (excludes halogenated alkanes) is 2. The number of likely N-dealkylation sites (tertiary alicyclic amines) is 1. The molecule has 2 aliphatic heterocycles. The summed E-state index contributed by atoms with van der Waals surface area (Å²) in [5.74, 6) is 0.457. The van der Waals surface area contributed by atoms with Crippen molar-refractivity contribution in [1.29, 1.82) is 0 Å². The number of nitrogens with one attached hydrogen (secondary N) is 1. The molecule has 2 heterocycles. The zero-order valence-corrected chi connectivity index (χ0v) is 23.2. The van der Waals surface area contributed by atoms with Crippen molar-refractivity contribution in [2.75, 3.05) is 19.6 Å². The lowest BCUT2D eigenvalue weighted by Gasteiger charge is -2.54. The van der Waals surface area contributed by atoms with Gasteiger partial charge in [-0.25, -0.2) is 0 Å². The molecule has 1 spiro atoms. The van der Waals surface area contributed by atoms with Crippen LogP contribution in [0.1, 0.15) is 82.0 Å². The van der Waals surface area contributed by atoms with Crippen molar-refractivity contribution in [2.45, 2.75) is 90.3 Å². The lowest BCUT2D eigenvalue weighted by molar-refractivity contribution is -0.165. The number of rotatable bonds is 10. The van der Waals surface area contributed by atoms with Gasteiger partial charge in [0.05, 0.1) is 6.04 Å². The Hall–Kier alpha value is -2.66. The highest BCUT2D eigenvalue weighted by molar-refractivity contribution is 6.00. The summed E-state index contributed by atoms with van der Waals surface area (Å²) in [7, 11) is 0. The van der Waals surface area contributed by atoms with Gasteiger partial charge < -0.3 is 15.1 Å². The van der Waals surface area contributed by atoms with E-state index in [4.69, 9.17) is 0 Å². The van der Waals surface area contributed by atoms with Crippen LogP contribution in [0.2, 0.25) is 0 Å². The molecule has 0 unspecified atom stereocenters. The topological polar surface area (TPSA) is 52.7 Å². The maximum Gasteiger partial charge on any atom is 0.246 e. The number of piperazine rings is 1. The van der Waals surface area contributed by atoms with Gasteiger partial charge in [0, 0.05) is 13.1 Å². The number of hydrogen-bond donors (Lipinski definition) is 1.